The molecule has 4 fully saturated rings. The summed E-state index contributed by atoms with van der Waals surface area (Å²) in [5, 5.41) is 3.68. The summed E-state index contributed by atoms with van der Waals surface area (Å²) < 4.78 is 12.4. The number of esters is 1. The summed E-state index contributed by atoms with van der Waals surface area (Å²) in [6, 6.07) is 30.1. The number of rotatable bonds is 10. The van der Waals surface area contributed by atoms with Crippen LogP contribution >= 0.6 is 0 Å². The van der Waals surface area contributed by atoms with Crippen molar-refractivity contribution in [2.75, 3.05) is 13.7 Å². The Labute approximate surface area is 235 Å². The summed E-state index contributed by atoms with van der Waals surface area (Å²) in [5.41, 5.74) is 1.54. The maximum Gasteiger partial charge on any atom is 0.309 e. The third-order valence-electron chi connectivity index (χ3n) is 9.99. The molecule has 1 atom stereocenters. The monoisotopic (exact) mass is 538 g/mol. The van der Waals surface area contributed by atoms with Gasteiger partial charge < -0.3 is 9.16 Å². The summed E-state index contributed by atoms with van der Waals surface area (Å²) in [6.07, 6.45) is 9.84. The van der Waals surface area contributed by atoms with Crippen LogP contribution < -0.4 is 15.6 Å². The average Bonchev–Trinajstić information content (AvgIpc) is 2.95. The maximum atomic E-state index is 13.6. The summed E-state index contributed by atoms with van der Waals surface area (Å²) >= 11 is 0. The van der Waals surface area contributed by atoms with E-state index in [0.29, 0.717) is 18.4 Å². The fourth-order valence-corrected chi connectivity index (χ4v) is 13.0. The van der Waals surface area contributed by atoms with Gasteiger partial charge in [-0.25, -0.2) is 0 Å². The lowest BCUT2D eigenvalue weighted by Crippen LogP contribution is -2.69. The molecule has 0 saturated heterocycles. The zero-order chi connectivity index (χ0) is 26.9. The third kappa shape index (κ3) is 5.02. The van der Waals surface area contributed by atoms with E-state index in [0.717, 1.165) is 24.2 Å². The Bertz CT molecular complexity index is 1200. The second kappa shape index (κ2) is 11.1. The van der Waals surface area contributed by atoms with E-state index in [4.69, 9.17) is 9.16 Å². The van der Waals surface area contributed by atoms with E-state index < -0.39 is 8.32 Å². The van der Waals surface area contributed by atoms with E-state index in [-0.39, 0.29) is 11.9 Å². The van der Waals surface area contributed by atoms with Crippen LogP contribution in [0.3, 0.4) is 0 Å². The van der Waals surface area contributed by atoms with Crippen LogP contribution in [0.1, 0.15) is 57.4 Å². The van der Waals surface area contributed by atoms with E-state index in [1.807, 2.05) is 14.0 Å². The van der Waals surface area contributed by atoms with E-state index in [1.54, 1.807) is 0 Å². The molecule has 4 saturated carbocycles. The average molecular weight is 539 g/mol. The minimum Gasteiger partial charge on any atom is -0.466 e. The van der Waals surface area contributed by atoms with Crippen LogP contribution in [0.4, 0.5) is 0 Å². The molecule has 3 aromatic rings. The van der Waals surface area contributed by atoms with Crippen LogP contribution in [0.15, 0.2) is 84.9 Å². The molecule has 0 aliphatic heterocycles. The molecule has 0 amide bonds. The van der Waals surface area contributed by atoms with Gasteiger partial charge in [0.1, 0.15) is 0 Å². The zero-order valence-electron chi connectivity index (χ0n) is 23.5. The predicted octanol–water partition coefficient (Wildman–Crippen LogP) is 5.63. The second-order valence-electron chi connectivity index (χ2n) is 12.5. The smallest absolute Gasteiger partial charge is 0.309 e. The van der Waals surface area contributed by atoms with Crippen molar-refractivity contribution in [2.24, 2.45) is 29.1 Å². The molecule has 39 heavy (non-hydrogen) atoms. The summed E-state index contributed by atoms with van der Waals surface area (Å²) in [6.45, 7) is 2.37. The first-order valence-corrected chi connectivity index (χ1v) is 16.9. The molecular weight excluding hydrogens is 496 g/mol. The summed E-state index contributed by atoms with van der Waals surface area (Å²) in [5.74, 6) is 2.47. The minimum absolute atomic E-state index is 0.0212. The molecule has 7 rings (SSSR count). The quantitative estimate of drug-likeness (QED) is 0.191. The number of hydrogen-bond acceptors (Lipinski definition) is 3. The fourth-order valence-electron chi connectivity index (χ4n) is 9.04. The van der Waals surface area contributed by atoms with Gasteiger partial charge in [0.2, 0.25) is 0 Å². The Morgan fingerprint density at radius 1 is 0.821 bits per heavy atom. The van der Waals surface area contributed by atoms with Crippen molar-refractivity contribution < 1.29 is 14.0 Å². The van der Waals surface area contributed by atoms with Crippen molar-refractivity contribution >= 4 is 29.8 Å². The van der Waals surface area contributed by atoms with Crippen molar-refractivity contribution in [3.8, 4) is 0 Å². The number of carbonyl (C=O) groups is 1. The van der Waals surface area contributed by atoms with Gasteiger partial charge in [-0.3, -0.25) is 4.79 Å². The van der Waals surface area contributed by atoms with Crippen LogP contribution in [0, 0.1) is 29.1 Å². The summed E-state index contributed by atoms with van der Waals surface area (Å²) in [7, 11) is -0.935. The van der Waals surface area contributed by atoms with E-state index in [2.05, 4.69) is 84.9 Å². The predicted molar refractivity (Wildman–Crippen MR) is 160 cm³/mol. The lowest BCUT2D eigenvalue weighted by atomic mass is 9.48. The van der Waals surface area contributed by atoms with E-state index in [1.165, 1.54) is 59.6 Å². The standard InChI is InChI=1S/C35H42O3Si/c1-3-38-34(36)30(25-35-22-26-18-27(23-35)20-28(19-26)24-35)21-29-12-10-11-17-33(29)39(37-2,31-13-6-4-7-14-31)32-15-8-5-9-16-32/h4-17,26-28,30H,3,18-25H2,1-2H3. The molecule has 3 aromatic carbocycles. The first kappa shape index (κ1) is 26.5. The Balaban J connectivity index is 1.40. The molecule has 0 spiro atoms. The van der Waals surface area contributed by atoms with Crippen LogP contribution in [0.5, 0.6) is 0 Å². The number of hydrogen-bond donors (Lipinski definition) is 0. The Hall–Kier alpha value is -2.69. The molecule has 0 heterocycles. The maximum absolute atomic E-state index is 13.6. The lowest BCUT2D eigenvalue weighted by molar-refractivity contribution is -0.151. The highest BCUT2D eigenvalue weighted by molar-refractivity contribution is 7.07. The molecule has 204 valence electrons. The Kier molecular flexibility index (Phi) is 7.52. The molecule has 4 bridgehead atoms. The number of ether oxygens (including phenoxy) is 1. The number of benzene rings is 3. The van der Waals surface area contributed by atoms with Gasteiger partial charge in [0, 0.05) is 7.11 Å². The molecule has 1 unspecified atom stereocenters. The van der Waals surface area contributed by atoms with Gasteiger partial charge in [-0.15, -0.1) is 0 Å². The molecular formula is C35H42O3Si. The summed E-state index contributed by atoms with van der Waals surface area (Å²) in [4.78, 5) is 13.6. The van der Waals surface area contributed by atoms with Crippen LogP contribution in [0.2, 0.25) is 0 Å². The first-order chi connectivity index (χ1) is 19.0. The highest BCUT2D eigenvalue weighted by Gasteiger charge is 2.52. The van der Waals surface area contributed by atoms with Crippen molar-refractivity contribution in [1.82, 2.24) is 0 Å². The van der Waals surface area contributed by atoms with E-state index >= 15 is 0 Å². The Morgan fingerprint density at radius 2 is 1.33 bits per heavy atom. The minimum atomic E-state index is -2.80. The van der Waals surface area contributed by atoms with Gasteiger partial charge in [0.25, 0.3) is 8.32 Å². The zero-order valence-corrected chi connectivity index (χ0v) is 24.5. The van der Waals surface area contributed by atoms with Crippen LogP contribution in [-0.2, 0) is 20.4 Å². The van der Waals surface area contributed by atoms with Crippen molar-refractivity contribution in [3.63, 3.8) is 0 Å². The molecule has 0 radical (unpaired) electrons. The third-order valence-corrected chi connectivity index (χ3v) is 14.1. The van der Waals surface area contributed by atoms with Crippen molar-refractivity contribution in [2.45, 2.75) is 58.3 Å². The largest absolute Gasteiger partial charge is 0.466 e. The van der Waals surface area contributed by atoms with Gasteiger partial charge in [-0.2, -0.15) is 0 Å². The van der Waals surface area contributed by atoms with Gasteiger partial charge in [0.05, 0.1) is 12.5 Å². The molecule has 0 aromatic heterocycles. The van der Waals surface area contributed by atoms with E-state index in [9.17, 15) is 4.79 Å². The van der Waals surface area contributed by atoms with Gasteiger partial charge in [-0.1, -0.05) is 84.9 Å². The Morgan fingerprint density at radius 3 is 1.85 bits per heavy atom. The van der Waals surface area contributed by atoms with Gasteiger partial charge in [-0.05, 0) is 103 Å². The van der Waals surface area contributed by atoms with Crippen molar-refractivity contribution in [3.05, 3.63) is 90.5 Å². The second-order valence-corrected chi connectivity index (χ2v) is 16.0. The highest BCUT2D eigenvalue weighted by atomic mass is 28.4. The topological polar surface area (TPSA) is 35.5 Å². The van der Waals surface area contributed by atoms with Crippen molar-refractivity contribution in [1.29, 1.82) is 0 Å². The number of carbonyl (C=O) groups excluding carboxylic acids is 1. The molecule has 4 aliphatic rings. The van der Waals surface area contributed by atoms with Gasteiger partial charge in [0.15, 0.2) is 0 Å². The lowest BCUT2D eigenvalue weighted by Gasteiger charge is -2.57. The normalized spacial score (nSPS) is 26.4. The SMILES string of the molecule is CCOC(=O)C(Cc1ccccc1[Si](OC)(c1ccccc1)c1ccccc1)CC12CC3CC(CC(C3)C1)C2. The molecule has 4 heteroatoms. The van der Waals surface area contributed by atoms with Gasteiger partial charge >= 0.3 is 5.97 Å². The fraction of sp³-hybridized carbons (Fsp3) is 0.457. The molecule has 3 nitrogen and oxygen atoms in total. The van der Waals surface area contributed by atoms with Crippen LogP contribution in [0.25, 0.3) is 0 Å². The van der Waals surface area contributed by atoms with Crippen LogP contribution in [-0.4, -0.2) is 28.0 Å². The highest BCUT2D eigenvalue weighted by Crippen LogP contribution is 2.62. The molecule has 4 aliphatic carbocycles. The first-order valence-electron chi connectivity index (χ1n) is 15.0. The molecule has 0 N–H and O–H groups in total.